The molecule has 1 aliphatic rings. The minimum Gasteiger partial charge on any atom is -0.478 e. The lowest BCUT2D eigenvalue weighted by atomic mass is 9.94. The molecule has 0 saturated carbocycles. The Balaban J connectivity index is 1.63. The monoisotopic (exact) mass is 324 g/mol. The Kier molecular flexibility index (Phi) is 4.69. The molecule has 3 rings (SSSR count). The number of hydrogen-bond donors (Lipinski definition) is 2. The average Bonchev–Trinajstić information content (AvgIpc) is 2.95. The van der Waals surface area contributed by atoms with E-state index in [4.69, 9.17) is 5.11 Å². The molecule has 0 atom stereocenters. The first-order valence-electron chi connectivity index (χ1n) is 8.27. The van der Waals surface area contributed by atoms with E-state index in [9.17, 15) is 4.79 Å². The van der Waals surface area contributed by atoms with Crippen LogP contribution in [0.5, 0.6) is 0 Å². The summed E-state index contributed by atoms with van der Waals surface area (Å²) in [7, 11) is 4.30. The molecule has 4 heteroatoms. The molecule has 2 N–H and O–H groups in total. The third-order valence-corrected chi connectivity index (χ3v) is 5.09. The van der Waals surface area contributed by atoms with Crippen molar-refractivity contribution < 1.29 is 9.90 Å². The lowest BCUT2D eigenvalue weighted by Crippen LogP contribution is -2.52. The van der Waals surface area contributed by atoms with E-state index in [1.807, 2.05) is 12.1 Å². The number of likely N-dealkylation sites (N-methyl/N-ethyl adjacent to an activating group) is 1. The summed E-state index contributed by atoms with van der Waals surface area (Å²) in [4.78, 5) is 13.2. The number of aromatic carboxylic acids is 1. The van der Waals surface area contributed by atoms with Crippen LogP contribution in [-0.4, -0.2) is 42.2 Å². The van der Waals surface area contributed by atoms with E-state index in [0.29, 0.717) is 5.56 Å². The van der Waals surface area contributed by atoms with Crippen molar-refractivity contribution in [3.05, 3.63) is 70.8 Å². The van der Waals surface area contributed by atoms with Gasteiger partial charge in [0.1, 0.15) is 0 Å². The Morgan fingerprint density at radius 2 is 1.67 bits per heavy atom. The fourth-order valence-corrected chi connectivity index (χ4v) is 3.48. The Morgan fingerprint density at radius 1 is 1.08 bits per heavy atom. The summed E-state index contributed by atoms with van der Waals surface area (Å²) in [6.07, 6.45) is 2.11. The zero-order valence-corrected chi connectivity index (χ0v) is 14.2. The minimum absolute atomic E-state index is 0.102. The number of carbonyl (C=O) groups is 1. The number of benzene rings is 2. The molecule has 2 aromatic rings. The van der Waals surface area contributed by atoms with E-state index in [-0.39, 0.29) is 5.54 Å². The average molecular weight is 324 g/mol. The first-order valence-corrected chi connectivity index (χ1v) is 8.27. The number of hydrogen-bond acceptors (Lipinski definition) is 3. The van der Waals surface area contributed by atoms with Crippen molar-refractivity contribution in [2.24, 2.45) is 0 Å². The molecule has 4 nitrogen and oxygen atoms in total. The van der Waals surface area contributed by atoms with Gasteiger partial charge in [0.2, 0.25) is 0 Å². The summed E-state index contributed by atoms with van der Waals surface area (Å²) in [5.74, 6) is -0.884. The predicted molar refractivity (Wildman–Crippen MR) is 95.4 cm³/mol. The van der Waals surface area contributed by atoms with Gasteiger partial charge >= 0.3 is 5.97 Å². The maximum atomic E-state index is 10.9. The summed E-state index contributed by atoms with van der Waals surface area (Å²) in [6.45, 7) is 1.64. The van der Waals surface area contributed by atoms with Crippen molar-refractivity contribution in [1.29, 1.82) is 0 Å². The van der Waals surface area contributed by atoms with Crippen molar-refractivity contribution in [1.82, 2.24) is 10.2 Å². The molecule has 0 amide bonds. The summed E-state index contributed by atoms with van der Waals surface area (Å²) >= 11 is 0. The SMILES string of the molecule is CN(C)C1(CNCc2ccc(C(=O)O)cc2)Cc2ccccc2C1. The van der Waals surface area contributed by atoms with Crippen LogP contribution in [0.4, 0.5) is 0 Å². The molecule has 0 radical (unpaired) electrons. The zero-order chi connectivity index (χ0) is 17.2. The minimum atomic E-state index is -0.884. The largest absolute Gasteiger partial charge is 0.478 e. The topological polar surface area (TPSA) is 52.6 Å². The molecule has 0 fully saturated rings. The second-order valence-electron chi connectivity index (χ2n) is 6.85. The molecule has 126 valence electrons. The lowest BCUT2D eigenvalue weighted by Gasteiger charge is -2.36. The van der Waals surface area contributed by atoms with Crippen molar-refractivity contribution in [2.75, 3.05) is 20.6 Å². The highest BCUT2D eigenvalue weighted by Gasteiger charge is 2.38. The summed E-state index contributed by atoms with van der Waals surface area (Å²) in [5, 5.41) is 12.5. The van der Waals surface area contributed by atoms with E-state index in [1.165, 1.54) is 11.1 Å². The highest BCUT2D eigenvalue weighted by Crippen LogP contribution is 2.33. The van der Waals surface area contributed by atoms with Crippen LogP contribution < -0.4 is 5.32 Å². The number of rotatable bonds is 6. The number of fused-ring (bicyclic) bond motifs is 1. The van der Waals surface area contributed by atoms with Gasteiger partial charge in [0.05, 0.1) is 5.56 Å². The maximum absolute atomic E-state index is 10.9. The molecule has 0 bridgehead atoms. The molecule has 0 spiro atoms. The third kappa shape index (κ3) is 3.35. The van der Waals surface area contributed by atoms with Crippen molar-refractivity contribution in [3.8, 4) is 0 Å². The van der Waals surface area contributed by atoms with Crippen molar-refractivity contribution >= 4 is 5.97 Å². The molecule has 0 aliphatic heterocycles. The van der Waals surface area contributed by atoms with Gasteiger partial charge in [-0.1, -0.05) is 36.4 Å². The Morgan fingerprint density at radius 3 is 2.17 bits per heavy atom. The van der Waals surface area contributed by atoms with Gasteiger partial charge in [0.15, 0.2) is 0 Å². The summed E-state index contributed by atoms with van der Waals surface area (Å²) < 4.78 is 0. The summed E-state index contributed by atoms with van der Waals surface area (Å²) in [5.41, 5.74) is 4.42. The van der Waals surface area contributed by atoms with Crippen LogP contribution in [-0.2, 0) is 19.4 Å². The quantitative estimate of drug-likeness (QED) is 0.857. The van der Waals surface area contributed by atoms with Gasteiger partial charge < -0.3 is 15.3 Å². The molecule has 0 heterocycles. The second-order valence-corrected chi connectivity index (χ2v) is 6.85. The van der Waals surface area contributed by atoms with Crippen LogP contribution in [0.2, 0.25) is 0 Å². The van der Waals surface area contributed by atoms with Gasteiger partial charge in [-0.05, 0) is 55.8 Å². The number of carboxylic acid groups (broad SMARTS) is 1. The number of nitrogens with one attached hydrogen (secondary N) is 1. The van der Waals surface area contributed by atoms with Crippen molar-refractivity contribution in [2.45, 2.75) is 24.9 Å². The molecule has 2 aromatic carbocycles. The highest BCUT2D eigenvalue weighted by molar-refractivity contribution is 5.87. The zero-order valence-electron chi connectivity index (χ0n) is 14.2. The molecule has 1 aliphatic carbocycles. The normalized spacial score (nSPS) is 15.5. The lowest BCUT2D eigenvalue weighted by molar-refractivity contribution is 0.0697. The number of carboxylic acids is 1. The molecule has 0 saturated heterocycles. The van der Waals surface area contributed by atoms with Gasteiger partial charge in [-0.2, -0.15) is 0 Å². The first-order chi connectivity index (χ1) is 11.5. The number of nitrogens with zero attached hydrogens (tertiary/aromatic N) is 1. The Bertz CT molecular complexity index is 698. The van der Waals surface area contributed by atoms with Gasteiger partial charge in [-0.25, -0.2) is 4.79 Å². The summed E-state index contributed by atoms with van der Waals surface area (Å²) in [6, 6.07) is 15.8. The van der Waals surface area contributed by atoms with Crippen molar-refractivity contribution in [3.63, 3.8) is 0 Å². The molecule has 0 aromatic heterocycles. The Labute approximate surface area is 143 Å². The van der Waals surface area contributed by atoms with Crippen LogP contribution in [0.3, 0.4) is 0 Å². The Hall–Kier alpha value is -2.17. The van der Waals surface area contributed by atoms with E-state index in [0.717, 1.165) is 31.5 Å². The molecule has 24 heavy (non-hydrogen) atoms. The van der Waals surface area contributed by atoms with E-state index >= 15 is 0 Å². The van der Waals surface area contributed by atoms with Gasteiger partial charge in [-0.3, -0.25) is 0 Å². The van der Waals surface area contributed by atoms with Crippen LogP contribution in [0.1, 0.15) is 27.0 Å². The van der Waals surface area contributed by atoms with Gasteiger partial charge in [0.25, 0.3) is 0 Å². The van der Waals surface area contributed by atoms with E-state index in [2.05, 4.69) is 48.6 Å². The fourth-order valence-electron chi connectivity index (χ4n) is 3.48. The standard InChI is InChI=1S/C20H24N2O2/c1-22(2)20(11-17-5-3-4-6-18(17)12-20)14-21-13-15-7-9-16(10-8-15)19(23)24/h3-10,21H,11-14H2,1-2H3,(H,23,24). The van der Waals surface area contributed by atoms with Crippen LogP contribution in [0, 0.1) is 0 Å². The van der Waals surface area contributed by atoms with Gasteiger partial charge in [0, 0.05) is 18.6 Å². The fraction of sp³-hybridized carbons (Fsp3) is 0.350. The third-order valence-electron chi connectivity index (χ3n) is 5.09. The first kappa shape index (κ1) is 16.7. The van der Waals surface area contributed by atoms with E-state index in [1.54, 1.807) is 12.1 Å². The van der Waals surface area contributed by atoms with Crippen LogP contribution in [0.15, 0.2) is 48.5 Å². The molecular weight excluding hydrogens is 300 g/mol. The van der Waals surface area contributed by atoms with E-state index < -0.39 is 5.97 Å². The maximum Gasteiger partial charge on any atom is 0.335 e. The smallest absolute Gasteiger partial charge is 0.335 e. The van der Waals surface area contributed by atoms with Gasteiger partial charge in [-0.15, -0.1) is 0 Å². The molecule has 0 unspecified atom stereocenters. The highest BCUT2D eigenvalue weighted by atomic mass is 16.4. The van der Waals surface area contributed by atoms with Crippen LogP contribution in [0.25, 0.3) is 0 Å². The van der Waals surface area contributed by atoms with Crippen LogP contribution >= 0.6 is 0 Å². The molecular formula is C20H24N2O2. The predicted octanol–water partition coefficient (Wildman–Crippen LogP) is 2.57. The second kappa shape index (κ2) is 6.75.